The number of hydrogen-bond acceptors (Lipinski definition) is 3. The monoisotopic (exact) mass is 295 g/mol. The molecule has 4 nitrogen and oxygen atoms in total. The Kier molecular flexibility index (Phi) is 4.18. The smallest absolute Gasteiger partial charge is 0.229 e. The van der Waals surface area contributed by atoms with Crippen LogP contribution in [0.25, 0.3) is 0 Å². The molecule has 0 saturated heterocycles. The maximum absolute atomic E-state index is 12.2. The van der Waals surface area contributed by atoms with Crippen molar-refractivity contribution in [3.05, 3.63) is 53.0 Å². The minimum Gasteiger partial charge on any atom is -0.310 e. The lowest BCUT2D eigenvalue weighted by atomic mass is 10.0. The van der Waals surface area contributed by atoms with E-state index in [2.05, 4.69) is 41.3 Å². The van der Waals surface area contributed by atoms with Crippen LogP contribution in [0.1, 0.15) is 48.6 Å². The highest BCUT2D eigenvalue weighted by Crippen LogP contribution is 2.25. The SMILES string of the molecule is CC(C)c1ccc(CC(=O)Nc2ncnc3c2CCC3)cc1. The molecule has 0 unspecified atom stereocenters. The molecule has 1 amide bonds. The minimum absolute atomic E-state index is 0.0231. The van der Waals surface area contributed by atoms with E-state index in [4.69, 9.17) is 0 Å². The van der Waals surface area contributed by atoms with Crippen molar-refractivity contribution >= 4 is 11.7 Å². The summed E-state index contributed by atoms with van der Waals surface area (Å²) in [6, 6.07) is 8.24. The van der Waals surface area contributed by atoms with Gasteiger partial charge in [-0.1, -0.05) is 38.1 Å². The zero-order valence-electron chi connectivity index (χ0n) is 13.1. The number of nitrogens with one attached hydrogen (secondary N) is 1. The first-order valence-electron chi connectivity index (χ1n) is 7.85. The lowest BCUT2D eigenvalue weighted by Gasteiger charge is -2.09. The molecule has 2 aromatic rings. The largest absolute Gasteiger partial charge is 0.310 e. The molecule has 0 spiro atoms. The maximum Gasteiger partial charge on any atom is 0.229 e. The lowest BCUT2D eigenvalue weighted by Crippen LogP contribution is -2.17. The Labute approximate surface area is 131 Å². The van der Waals surface area contributed by atoms with Crippen molar-refractivity contribution in [2.24, 2.45) is 0 Å². The van der Waals surface area contributed by atoms with E-state index in [9.17, 15) is 4.79 Å². The van der Waals surface area contributed by atoms with Crippen LogP contribution in [0.4, 0.5) is 5.82 Å². The van der Waals surface area contributed by atoms with Crippen LogP contribution < -0.4 is 5.32 Å². The standard InChI is InChI=1S/C18H21N3O/c1-12(2)14-8-6-13(7-9-14)10-17(22)21-18-15-4-3-5-16(15)19-11-20-18/h6-9,11-12H,3-5,10H2,1-2H3,(H,19,20,21,22). The van der Waals surface area contributed by atoms with Crippen LogP contribution in [-0.2, 0) is 24.1 Å². The van der Waals surface area contributed by atoms with Crippen molar-refractivity contribution in [1.82, 2.24) is 9.97 Å². The summed E-state index contributed by atoms with van der Waals surface area (Å²) in [5.74, 6) is 1.17. The molecule has 0 radical (unpaired) electrons. The summed E-state index contributed by atoms with van der Waals surface area (Å²) < 4.78 is 0. The number of rotatable bonds is 4. The third-order valence-corrected chi connectivity index (χ3v) is 4.14. The number of benzene rings is 1. The normalized spacial score (nSPS) is 13.2. The molecule has 0 fully saturated rings. The van der Waals surface area contributed by atoms with Crippen LogP contribution in [0.3, 0.4) is 0 Å². The van der Waals surface area contributed by atoms with Crippen molar-refractivity contribution in [2.75, 3.05) is 5.32 Å². The van der Waals surface area contributed by atoms with Crippen molar-refractivity contribution in [3.63, 3.8) is 0 Å². The number of aromatic nitrogens is 2. The van der Waals surface area contributed by atoms with Gasteiger partial charge in [0.15, 0.2) is 0 Å². The van der Waals surface area contributed by atoms with Crippen molar-refractivity contribution in [2.45, 2.75) is 45.4 Å². The first kappa shape index (κ1) is 14.7. The van der Waals surface area contributed by atoms with Gasteiger partial charge in [0.25, 0.3) is 0 Å². The molecular weight excluding hydrogens is 274 g/mol. The maximum atomic E-state index is 12.2. The van der Waals surface area contributed by atoms with Gasteiger partial charge in [-0.2, -0.15) is 0 Å². The molecule has 1 heterocycles. The van der Waals surface area contributed by atoms with Gasteiger partial charge in [0.2, 0.25) is 5.91 Å². The molecule has 1 aliphatic rings. The molecule has 0 aliphatic heterocycles. The van der Waals surface area contributed by atoms with Gasteiger partial charge in [-0.25, -0.2) is 9.97 Å². The number of nitrogens with zero attached hydrogens (tertiary/aromatic N) is 2. The topological polar surface area (TPSA) is 54.9 Å². The Balaban J connectivity index is 1.67. The predicted octanol–water partition coefficient (Wildman–Crippen LogP) is 3.27. The molecule has 1 aromatic heterocycles. The number of amides is 1. The second-order valence-electron chi connectivity index (χ2n) is 6.12. The van der Waals surface area contributed by atoms with Crippen LogP contribution in [0.15, 0.2) is 30.6 Å². The number of fused-ring (bicyclic) bond motifs is 1. The van der Waals surface area contributed by atoms with Crippen LogP contribution in [-0.4, -0.2) is 15.9 Å². The Morgan fingerprint density at radius 3 is 2.68 bits per heavy atom. The summed E-state index contributed by atoms with van der Waals surface area (Å²) >= 11 is 0. The van der Waals surface area contributed by atoms with E-state index in [1.54, 1.807) is 0 Å². The highest BCUT2D eigenvalue weighted by molar-refractivity contribution is 5.92. The zero-order chi connectivity index (χ0) is 15.5. The highest BCUT2D eigenvalue weighted by atomic mass is 16.1. The van der Waals surface area contributed by atoms with E-state index < -0.39 is 0 Å². The molecule has 3 rings (SSSR count). The second kappa shape index (κ2) is 6.26. The molecule has 0 bridgehead atoms. The third kappa shape index (κ3) is 3.16. The van der Waals surface area contributed by atoms with E-state index in [0.29, 0.717) is 18.2 Å². The van der Waals surface area contributed by atoms with Gasteiger partial charge in [-0.15, -0.1) is 0 Å². The summed E-state index contributed by atoms with van der Waals surface area (Å²) in [7, 11) is 0. The van der Waals surface area contributed by atoms with Crippen molar-refractivity contribution in [3.8, 4) is 0 Å². The van der Waals surface area contributed by atoms with Crippen LogP contribution >= 0.6 is 0 Å². The molecule has 1 N–H and O–H groups in total. The Morgan fingerprint density at radius 1 is 1.18 bits per heavy atom. The van der Waals surface area contributed by atoms with Gasteiger partial charge in [0, 0.05) is 11.3 Å². The highest BCUT2D eigenvalue weighted by Gasteiger charge is 2.18. The summed E-state index contributed by atoms with van der Waals surface area (Å²) in [4.78, 5) is 20.7. The molecular formula is C18H21N3O. The van der Waals surface area contributed by atoms with Gasteiger partial charge < -0.3 is 5.32 Å². The van der Waals surface area contributed by atoms with Crippen molar-refractivity contribution < 1.29 is 4.79 Å². The number of hydrogen-bond donors (Lipinski definition) is 1. The molecule has 0 atom stereocenters. The van der Waals surface area contributed by atoms with Gasteiger partial charge in [0.1, 0.15) is 12.1 Å². The molecule has 22 heavy (non-hydrogen) atoms. The Hall–Kier alpha value is -2.23. The summed E-state index contributed by atoms with van der Waals surface area (Å²) in [5, 5.41) is 2.94. The van der Waals surface area contributed by atoms with Crippen LogP contribution in [0.5, 0.6) is 0 Å². The zero-order valence-corrected chi connectivity index (χ0v) is 13.1. The predicted molar refractivity (Wildman–Crippen MR) is 86.9 cm³/mol. The van der Waals surface area contributed by atoms with Crippen LogP contribution in [0.2, 0.25) is 0 Å². The fourth-order valence-electron chi connectivity index (χ4n) is 2.85. The third-order valence-electron chi connectivity index (χ3n) is 4.14. The van der Waals surface area contributed by atoms with E-state index >= 15 is 0 Å². The van der Waals surface area contributed by atoms with Gasteiger partial charge >= 0.3 is 0 Å². The average Bonchev–Trinajstić information content (AvgIpc) is 2.97. The molecule has 1 aromatic carbocycles. The Bertz CT molecular complexity index is 677. The fourth-order valence-corrected chi connectivity index (χ4v) is 2.85. The molecule has 114 valence electrons. The molecule has 1 aliphatic carbocycles. The first-order valence-corrected chi connectivity index (χ1v) is 7.85. The number of carbonyl (C=O) groups excluding carboxylic acids is 1. The molecule has 0 saturated carbocycles. The first-order chi connectivity index (χ1) is 10.6. The summed E-state index contributed by atoms with van der Waals surface area (Å²) in [6.07, 6.45) is 4.94. The van der Waals surface area contributed by atoms with E-state index in [1.807, 2.05) is 12.1 Å². The second-order valence-corrected chi connectivity index (χ2v) is 6.12. The number of aryl methyl sites for hydroxylation is 1. The van der Waals surface area contributed by atoms with Crippen LogP contribution in [0, 0.1) is 0 Å². The molecule has 4 heteroatoms. The Morgan fingerprint density at radius 2 is 1.95 bits per heavy atom. The fraction of sp³-hybridized carbons (Fsp3) is 0.389. The summed E-state index contributed by atoms with van der Waals surface area (Å²) in [6.45, 7) is 4.33. The van der Waals surface area contributed by atoms with E-state index in [0.717, 1.165) is 36.1 Å². The quantitative estimate of drug-likeness (QED) is 0.942. The van der Waals surface area contributed by atoms with Gasteiger partial charge in [0.05, 0.1) is 6.42 Å². The lowest BCUT2D eigenvalue weighted by molar-refractivity contribution is -0.115. The van der Waals surface area contributed by atoms with Crippen molar-refractivity contribution in [1.29, 1.82) is 0 Å². The average molecular weight is 295 g/mol. The summed E-state index contributed by atoms with van der Waals surface area (Å²) in [5.41, 5.74) is 4.49. The van der Waals surface area contributed by atoms with E-state index in [-0.39, 0.29) is 5.91 Å². The number of anilines is 1. The van der Waals surface area contributed by atoms with Gasteiger partial charge in [-0.3, -0.25) is 4.79 Å². The number of carbonyl (C=O) groups is 1. The van der Waals surface area contributed by atoms with E-state index in [1.165, 1.54) is 11.9 Å². The minimum atomic E-state index is -0.0231. The van der Waals surface area contributed by atoms with Gasteiger partial charge in [-0.05, 0) is 36.3 Å².